The molecule has 0 spiro atoms. The van der Waals surface area contributed by atoms with Crippen molar-refractivity contribution < 1.29 is 14.3 Å². The van der Waals surface area contributed by atoms with Crippen molar-refractivity contribution in [2.75, 3.05) is 25.1 Å². The Kier molecular flexibility index (Phi) is 6.31. The van der Waals surface area contributed by atoms with E-state index >= 15 is 0 Å². The molecule has 0 saturated carbocycles. The monoisotopic (exact) mass is 418 g/mol. The van der Waals surface area contributed by atoms with E-state index in [2.05, 4.69) is 14.9 Å². The molecule has 1 aromatic heterocycles. The first-order valence-electron chi connectivity index (χ1n) is 10.4. The molecule has 1 N–H and O–H groups in total. The van der Waals surface area contributed by atoms with E-state index < -0.39 is 0 Å². The van der Waals surface area contributed by atoms with Crippen molar-refractivity contribution in [1.82, 2.24) is 14.9 Å². The fourth-order valence-corrected chi connectivity index (χ4v) is 3.85. The van der Waals surface area contributed by atoms with Crippen LogP contribution in [0.15, 0.2) is 67.0 Å². The van der Waals surface area contributed by atoms with Gasteiger partial charge in [0, 0.05) is 55.8 Å². The van der Waals surface area contributed by atoms with Crippen LogP contribution in [0.5, 0.6) is 5.75 Å². The number of nitrogens with zero attached hydrogens (tertiary/aromatic N) is 3. The number of methoxy groups -OCH3 is 1. The topological polar surface area (TPSA) is 76.5 Å². The van der Waals surface area contributed by atoms with Crippen LogP contribution in [-0.2, 0) is 16.1 Å². The summed E-state index contributed by atoms with van der Waals surface area (Å²) in [6, 6.07) is 17.4. The van der Waals surface area contributed by atoms with Gasteiger partial charge in [0.15, 0.2) is 0 Å². The minimum Gasteiger partial charge on any atom is -0.497 e. The number of imidazole rings is 1. The number of anilines is 1. The van der Waals surface area contributed by atoms with Crippen LogP contribution in [0.4, 0.5) is 5.69 Å². The largest absolute Gasteiger partial charge is 0.497 e. The van der Waals surface area contributed by atoms with E-state index in [1.54, 1.807) is 18.2 Å². The van der Waals surface area contributed by atoms with Gasteiger partial charge in [0.05, 0.1) is 13.0 Å². The molecule has 1 saturated heterocycles. The van der Waals surface area contributed by atoms with E-state index in [0.717, 1.165) is 30.0 Å². The van der Waals surface area contributed by atoms with Crippen LogP contribution in [0, 0.1) is 5.92 Å². The van der Waals surface area contributed by atoms with Gasteiger partial charge in [-0.1, -0.05) is 36.4 Å². The third kappa shape index (κ3) is 4.77. The van der Waals surface area contributed by atoms with Gasteiger partial charge in [-0.3, -0.25) is 9.59 Å². The van der Waals surface area contributed by atoms with Crippen molar-refractivity contribution in [2.45, 2.75) is 19.4 Å². The first-order chi connectivity index (χ1) is 15.2. The first-order valence-corrected chi connectivity index (χ1v) is 10.4. The number of ether oxygens (including phenoxy) is 1. The predicted molar refractivity (Wildman–Crippen MR) is 119 cm³/mol. The van der Waals surface area contributed by atoms with Crippen molar-refractivity contribution >= 4 is 17.5 Å². The summed E-state index contributed by atoms with van der Waals surface area (Å²) in [4.78, 5) is 31.2. The standard InChI is InChI=1S/C24H26N4O3/c1-31-21-10-5-9-20(16-21)28-17-19(15-22(28)29)24(30)26-11-6-13-27-14-12-25-23(27)18-7-3-2-4-8-18/h2-5,7-10,12,14,16,19H,6,11,13,15,17H2,1H3,(H,26,30). The van der Waals surface area contributed by atoms with E-state index in [9.17, 15) is 9.59 Å². The fraction of sp³-hybridized carbons (Fsp3) is 0.292. The average Bonchev–Trinajstić information content (AvgIpc) is 3.44. The summed E-state index contributed by atoms with van der Waals surface area (Å²) < 4.78 is 7.32. The number of hydrogen-bond acceptors (Lipinski definition) is 4. The molecule has 2 aromatic carbocycles. The molecule has 7 heteroatoms. The number of aromatic nitrogens is 2. The van der Waals surface area contributed by atoms with Crippen molar-refractivity contribution in [3.63, 3.8) is 0 Å². The molecule has 160 valence electrons. The second-order valence-electron chi connectivity index (χ2n) is 7.56. The molecule has 7 nitrogen and oxygen atoms in total. The zero-order valence-electron chi connectivity index (χ0n) is 17.5. The molecule has 4 rings (SSSR count). The van der Waals surface area contributed by atoms with E-state index in [4.69, 9.17) is 4.74 Å². The first kappa shape index (κ1) is 20.7. The Balaban J connectivity index is 1.27. The Morgan fingerprint density at radius 2 is 2.03 bits per heavy atom. The van der Waals surface area contributed by atoms with E-state index in [1.807, 2.05) is 60.8 Å². The molecule has 31 heavy (non-hydrogen) atoms. The highest BCUT2D eigenvalue weighted by Gasteiger charge is 2.35. The Bertz CT molecular complexity index is 1050. The summed E-state index contributed by atoms with van der Waals surface area (Å²) in [5.74, 6) is 1.15. The quantitative estimate of drug-likeness (QED) is 0.571. The average molecular weight is 418 g/mol. The summed E-state index contributed by atoms with van der Waals surface area (Å²) in [6.45, 7) is 1.69. The van der Waals surface area contributed by atoms with Crippen molar-refractivity contribution in [3.05, 3.63) is 67.0 Å². The molecule has 1 atom stereocenters. The number of benzene rings is 2. The number of carbonyl (C=O) groups excluding carboxylic acids is 2. The van der Waals surface area contributed by atoms with Crippen molar-refractivity contribution in [2.24, 2.45) is 5.92 Å². The third-order valence-electron chi connectivity index (χ3n) is 5.48. The molecule has 1 aliphatic rings. The molecule has 1 aliphatic heterocycles. The summed E-state index contributed by atoms with van der Waals surface area (Å²) in [6.07, 6.45) is 4.74. The maximum Gasteiger partial charge on any atom is 0.227 e. The van der Waals surface area contributed by atoms with Gasteiger partial charge in [0.25, 0.3) is 0 Å². The van der Waals surface area contributed by atoms with E-state index in [0.29, 0.717) is 18.8 Å². The Labute approximate surface area is 181 Å². The molecule has 1 fully saturated rings. The highest BCUT2D eigenvalue weighted by molar-refractivity contribution is 6.00. The van der Waals surface area contributed by atoms with Crippen LogP contribution in [-0.4, -0.2) is 41.6 Å². The molecule has 3 aromatic rings. The summed E-state index contributed by atoms with van der Waals surface area (Å²) in [5, 5.41) is 2.99. The van der Waals surface area contributed by atoms with Gasteiger partial charge in [-0.25, -0.2) is 4.98 Å². The smallest absolute Gasteiger partial charge is 0.227 e. The lowest BCUT2D eigenvalue weighted by molar-refractivity contribution is -0.126. The lowest BCUT2D eigenvalue weighted by Gasteiger charge is -2.17. The SMILES string of the molecule is COc1cccc(N2CC(C(=O)NCCCn3ccnc3-c3ccccc3)CC2=O)c1. The Morgan fingerprint density at radius 3 is 2.84 bits per heavy atom. The molecular formula is C24H26N4O3. The highest BCUT2D eigenvalue weighted by atomic mass is 16.5. The van der Waals surface area contributed by atoms with Crippen LogP contribution in [0.3, 0.4) is 0 Å². The zero-order chi connectivity index (χ0) is 21.6. The van der Waals surface area contributed by atoms with Crippen LogP contribution >= 0.6 is 0 Å². The lowest BCUT2D eigenvalue weighted by Crippen LogP contribution is -2.33. The van der Waals surface area contributed by atoms with Gasteiger partial charge < -0.3 is 19.5 Å². The summed E-state index contributed by atoms with van der Waals surface area (Å²) in [5.41, 5.74) is 1.83. The third-order valence-corrected chi connectivity index (χ3v) is 5.48. The maximum atomic E-state index is 12.6. The number of carbonyl (C=O) groups is 2. The molecule has 0 radical (unpaired) electrons. The van der Waals surface area contributed by atoms with Crippen LogP contribution in [0.1, 0.15) is 12.8 Å². The lowest BCUT2D eigenvalue weighted by atomic mass is 10.1. The second-order valence-corrected chi connectivity index (χ2v) is 7.56. The molecule has 2 amide bonds. The summed E-state index contributed by atoms with van der Waals surface area (Å²) in [7, 11) is 1.59. The van der Waals surface area contributed by atoms with E-state index in [-0.39, 0.29) is 24.2 Å². The number of amides is 2. The highest BCUT2D eigenvalue weighted by Crippen LogP contribution is 2.28. The van der Waals surface area contributed by atoms with Gasteiger partial charge in [0.2, 0.25) is 11.8 Å². The second kappa shape index (κ2) is 9.47. The van der Waals surface area contributed by atoms with E-state index in [1.165, 1.54) is 0 Å². The number of nitrogens with one attached hydrogen (secondary N) is 1. The molecule has 0 aliphatic carbocycles. The zero-order valence-corrected chi connectivity index (χ0v) is 17.5. The van der Waals surface area contributed by atoms with Crippen molar-refractivity contribution in [3.8, 4) is 17.1 Å². The normalized spacial score (nSPS) is 15.8. The summed E-state index contributed by atoms with van der Waals surface area (Å²) >= 11 is 0. The Morgan fingerprint density at radius 1 is 1.19 bits per heavy atom. The number of rotatable bonds is 8. The minimum absolute atomic E-state index is 0.0423. The predicted octanol–water partition coefficient (Wildman–Crippen LogP) is 3.12. The number of aryl methyl sites for hydroxylation is 1. The number of hydrogen-bond donors (Lipinski definition) is 1. The van der Waals surface area contributed by atoms with Crippen LogP contribution in [0.2, 0.25) is 0 Å². The molecule has 2 heterocycles. The molecule has 0 bridgehead atoms. The maximum absolute atomic E-state index is 12.6. The van der Waals surface area contributed by atoms with Gasteiger partial charge >= 0.3 is 0 Å². The van der Waals surface area contributed by atoms with Gasteiger partial charge in [0.1, 0.15) is 11.6 Å². The van der Waals surface area contributed by atoms with Gasteiger partial charge in [-0.2, -0.15) is 0 Å². The van der Waals surface area contributed by atoms with Gasteiger partial charge in [-0.15, -0.1) is 0 Å². The molecular weight excluding hydrogens is 392 g/mol. The van der Waals surface area contributed by atoms with Gasteiger partial charge in [-0.05, 0) is 18.6 Å². The Hall–Kier alpha value is -3.61. The van der Waals surface area contributed by atoms with Crippen LogP contribution < -0.4 is 15.0 Å². The molecule has 1 unspecified atom stereocenters. The van der Waals surface area contributed by atoms with Crippen LogP contribution in [0.25, 0.3) is 11.4 Å². The minimum atomic E-state index is -0.341. The van der Waals surface area contributed by atoms with Crippen molar-refractivity contribution in [1.29, 1.82) is 0 Å². The fourth-order valence-electron chi connectivity index (χ4n) is 3.85.